The van der Waals surface area contributed by atoms with Gasteiger partial charge in [0.2, 0.25) is 5.95 Å². The molecule has 82 valence electrons. The van der Waals surface area contributed by atoms with Crippen LogP contribution in [-0.4, -0.2) is 4.98 Å². The van der Waals surface area contributed by atoms with Gasteiger partial charge in [0.15, 0.2) is 0 Å². The quantitative estimate of drug-likeness (QED) is 0.695. The Bertz CT molecular complexity index is 544. The molecule has 2 aromatic rings. The van der Waals surface area contributed by atoms with E-state index in [4.69, 9.17) is 23.2 Å². The van der Waals surface area contributed by atoms with E-state index in [0.717, 1.165) is 12.3 Å². The second-order valence-corrected chi connectivity index (χ2v) is 3.96. The van der Waals surface area contributed by atoms with E-state index in [-0.39, 0.29) is 10.6 Å². The number of hydrogen-bond donors (Lipinski definition) is 0. The Kier molecular flexibility index (Phi) is 3.08. The Morgan fingerprint density at radius 3 is 2.44 bits per heavy atom. The van der Waals surface area contributed by atoms with Gasteiger partial charge in [-0.1, -0.05) is 29.3 Å². The van der Waals surface area contributed by atoms with Crippen molar-refractivity contribution in [2.45, 2.75) is 0 Å². The first kappa shape index (κ1) is 11.3. The van der Waals surface area contributed by atoms with E-state index in [1.165, 1.54) is 12.1 Å². The number of rotatable bonds is 1. The van der Waals surface area contributed by atoms with Crippen molar-refractivity contribution in [3.8, 4) is 11.1 Å². The summed E-state index contributed by atoms with van der Waals surface area (Å²) in [6.07, 6.45) is 0.808. The van der Waals surface area contributed by atoms with E-state index in [1.54, 1.807) is 6.07 Å². The predicted molar refractivity (Wildman–Crippen MR) is 59.6 cm³/mol. The molecule has 16 heavy (non-hydrogen) atoms. The average molecular weight is 260 g/mol. The van der Waals surface area contributed by atoms with Crippen molar-refractivity contribution in [3.63, 3.8) is 0 Å². The van der Waals surface area contributed by atoms with Crippen molar-refractivity contribution in [2.24, 2.45) is 0 Å². The standard InChI is InChI=1S/C11H5Cl2F2N/c12-6-1-2-8(10(13)3-6)9-4-7(14)5-16-11(9)15/h1-5H. The van der Waals surface area contributed by atoms with Gasteiger partial charge in [0.05, 0.1) is 11.2 Å². The van der Waals surface area contributed by atoms with Crippen LogP contribution in [0.15, 0.2) is 30.5 Å². The van der Waals surface area contributed by atoms with E-state index in [9.17, 15) is 8.78 Å². The summed E-state index contributed by atoms with van der Waals surface area (Å²) in [5, 5.41) is 0.678. The van der Waals surface area contributed by atoms with Crippen molar-refractivity contribution in [3.05, 3.63) is 52.3 Å². The molecule has 0 atom stereocenters. The van der Waals surface area contributed by atoms with Gasteiger partial charge in [-0.3, -0.25) is 0 Å². The highest BCUT2D eigenvalue weighted by Gasteiger charge is 2.11. The van der Waals surface area contributed by atoms with Gasteiger partial charge >= 0.3 is 0 Å². The van der Waals surface area contributed by atoms with Crippen LogP contribution in [0.3, 0.4) is 0 Å². The van der Waals surface area contributed by atoms with Crippen LogP contribution in [0.5, 0.6) is 0 Å². The van der Waals surface area contributed by atoms with E-state index >= 15 is 0 Å². The first-order valence-electron chi connectivity index (χ1n) is 4.34. The lowest BCUT2D eigenvalue weighted by atomic mass is 10.1. The minimum absolute atomic E-state index is 0.0154. The van der Waals surface area contributed by atoms with Gasteiger partial charge < -0.3 is 0 Å². The van der Waals surface area contributed by atoms with E-state index in [2.05, 4.69) is 4.98 Å². The molecule has 0 unspecified atom stereocenters. The molecule has 0 fully saturated rings. The summed E-state index contributed by atoms with van der Waals surface area (Å²) in [4.78, 5) is 3.29. The third-order valence-electron chi connectivity index (χ3n) is 2.03. The van der Waals surface area contributed by atoms with Gasteiger partial charge in [0.1, 0.15) is 5.82 Å². The van der Waals surface area contributed by atoms with Crippen LogP contribution in [0.4, 0.5) is 8.78 Å². The highest BCUT2D eigenvalue weighted by molar-refractivity contribution is 6.36. The molecule has 0 aliphatic carbocycles. The maximum atomic E-state index is 13.4. The van der Waals surface area contributed by atoms with Gasteiger partial charge in [-0.25, -0.2) is 9.37 Å². The third-order valence-corrected chi connectivity index (χ3v) is 2.57. The third kappa shape index (κ3) is 2.15. The molecule has 1 heterocycles. The zero-order valence-electron chi connectivity index (χ0n) is 7.85. The van der Waals surface area contributed by atoms with Crippen LogP contribution < -0.4 is 0 Å². The molecule has 0 N–H and O–H groups in total. The first-order chi connectivity index (χ1) is 7.58. The fourth-order valence-electron chi connectivity index (χ4n) is 1.32. The van der Waals surface area contributed by atoms with Crippen LogP contribution in [0.1, 0.15) is 0 Å². The summed E-state index contributed by atoms with van der Waals surface area (Å²) in [7, 11) is 0. The van der Waals surface area contributed by atoms with Crippen LogP contribution in [-0.2, 0) is 0 Å². The second-order valence-electron chi connectivity index (χ2n) is 3.12. The largest absolute Gasteiger partial charge is 0.225 e. The smallest absolute Gasteiger partial charge is 0.220 e. The Hall–Kier alpha value is -1.19. The lowest BCUT2D eigenvalue weighted by Gasteiger charge is -2.05. The zero-order chi connectivity index (χ0) is 11.7. The van der Waals surface area contributed by atoms with E-state index < -0.39 is 11.8 Å². The molecule has 5 heteroatoms. The van der Waals surface area contributed by atoms with Gasteiger partial charge in [-0.05, 0) is 18.2 Å². The maximum Gasteiger partial charge on any atom is 0.220 e. The highest BCUT2D eigenvalue weighted by atomic mass is 35.5. The minimum atomic E-state index is -0.773. The second kappa shape index (κ2) is 4.36. The fourth-order valence-corrected chi connectivity index (χ4v) is 1.83. The van der Waals surface area contributed by atoms with Crippen molar-refractivity contribution < 1.29 is 8.78 Å². The Labute approximate surface area is 101 Å². The SMILES string of the molecule is Fc1cnc(F)c(-c2ccc(Cl)cc2Cl)c1. The normalized spacial score (nSPS) is 10.5. The number of hydrogen-bond acceptors (Lipinski definition) is 1. The summed E-state index contributed by atoms with van der Waals surface area (Å²) >= 11 is 11.6. The summed E-state index contributed by atoms with van der Waals surface area (Å²) in [6, 6.07) is 5.57. The molecule has 0 radical (unpaired) electrons. The zero-order valence-corrected chi connectivity index (χ0v) is 9.36. The first-order valence-corrected chi connectivity index (χ1v) is 5.10. The van der Waals surface area contributed by atoms with Gasteiger partial charge in [0.25, 0.3) is 0 Å². The molecular weight excluding hydrogens is 255 g/mol. The fraction of sp³-hybridized carbons (Fsp3) is 0. The van der Waals surface area contributed by atoms with Crippen molar-refractivity contribution in [1.82, 2.24) is 4.98 Å². The Morgan fingerprint density at radius 1 is 1.00 bits per heavy atom. The number of pyridine rings is 1. The van der Waals surface area contributed by atoms with Crippen LogP contribution in [0, 0.1) is 11.8 Å². The van der Waals surface area contributed by atoms with Crippen molar-refractivity contribution in [1.29, 1.82) is 0 Å². The molecular formula is C11H5Cl2F2N. The van der Waals surface area contributed by atoms with Crippen molar-refractivity contribution >= 4 is 23.2 Å². The molecule has 0 aliphatic rings. The highest BCUT2D eigenvalue weighted by Crippen LogP contribution is 2.31. The van der Waals surface area contributed by atoms with Crippen molar-refractivity contribution in [2.75, 3.05) is 0 Å². The molecule has 0 bridgehead atoms. The summed E-state index contributed by atoms with van der Waals surface area (Å²) in [5.74, 6) is -1.40. The molecule has 0 saturated heterocycles. The summed E-state index contributed by atoms with van der Waals surface area (Å²) < 4.78 is 26.3. The topological polar surface area (TPSA) is 12.9 Å². The summed E-state index contributed by atoms with van der Waals surface area (Å²) in [6.45, 7) is 0. The predicted octanol–water partition coefficient (Wildman–Crippen LogP) is 4.33. The molecule has 0 spiro atoms. The molecule has 0 aliphatic heterocycles. The number of aromatic nitrogens is 1. The monoisotopic (exact) mass is 259 g/mol. The minimum Gasteiger partial charge on any atom is -0.225 e. The van der Waals surface area contributed by atoms with Gasteiger partial charge in [-0.2, -0.15) is 4.39 Å². The molecule has 2 rings (SSSR count). The van der Waals surface area contributed by atoms with Crippen LogP contribution in [0.25, 0.3) is 11.1 Å². The molecule has 0 saturated carbocycles. The number of nitrogens with zero attached hydrogens (tertiary/aromatic N) is 1. The Balaban J connectivity index is 2.62. The van der Waals surface area contributed by atoms with Gasteiger partial charge in [0, 0.05) is 16.1 Å². The van der Waals surface area contributed by atoms with Crippen LogP contribution >= 0.6 is 23.2 Å². The molecule has 1 aromatic heterocycles. The van der Waals surface area contributed by atoms with Crippen LogP contribution in [0.2, 0.25) is 10.0 Å². The van der Waals surface area contributed by atoms with E-state index in [0.29, 0.717) is 10.6 Å². The lowest BCUT2D eigenvalue weighted by molar-refractivity contribution is 0.563. The molecule has 1 nitrogen and oxygen atoms in total. The average Bonchev–Trinajstić information content (AvgIpc) is 2.22. The molecule has 1 aromatic carbocycles. The summed E-state index contributed by atoms with van der Waals surface area (Å²) in [5.41, 5.74) is 0.372. The van der Waals surface area contributed by atoms with Gasteiger partial charge in [-0.15, -0.1) is 0 Å². The maximum absolute atomic E-state index is 13.4. The Morgan fingerprint density at radius 2 is 1.75 bits per heavy atom. The lowest BCUT2D eigenvalue weighted by Crippen LogP contribution is -1.91. The van der Waals surface area contributed by atoms with E-state index in [1.807, 2.05) is 0 Å². The number of halogens is 4. The molecule has 0 amide bonds. The number of benzene rings is 1.